The van der Waals surface area contributed by atoms with E-state index in [0.29, 0.717) is 30.7 Å². The molecule has 3 aliphatic heterocycles. The van der Waals surface area contributed by atoms with Gasteiger partial charge >= 0.3 is 16.4 Å². The van der Waals surface area contributed by atoms with E-state index in [4.69, 9.17) is 4.55 Å². The number of hydrazine groups is 1. The number of sulfone groups is 1. The number of nitrogens with zero attached hydrogens (tertiary/aromatic N) is 2. The van der Waals surface area contributed by atoms with Gasteiger partial charge in [0.15, 0.2) is 0 Å². The Balaban J connectivity index is 1.55. The van der Waals surface area contributed by atoms with Crippen LogP contribution in [0.5, 0.6) is 0 Å². The largest absolute Gasteiger partial charge is 0.418 e. The Hall–Kier alpha value is -1.48. The maximum absolute atomic E-state index is 12.4. The summed E-state index contributed by atoms with van der Waals surface area (Å²) in [6.45, 7) is 0.105. The number of urea groups is 1. The average Bonchev–Trinajstić information content (AvgIpc) is 2.77. The van der Waals surface area contributed by atoms with E-state index in [9.17, 15) is 26.4 Å². The summed E-state index contributed by atoms with van der Waals surface area (Å²) >= 11 is 0. The first-order valence-corrected chi connectivity index (χ1v) is 11.3. The molecule has 3 amide bonds. The molecule has 2 bridgehead atoms. The van der Waals surface area contributed by atoms with Gasteiger partial charge in [0, 0.05) is 12.6 Å². The van der Waals surface area contributed by atoms with Crippen LogP contribution in [0.3, 0.4) is 0 Å². The number of amides is 3. The summed E-state index contributed by atoms with van der Waals surface area (Å²) in [5.41, 5.74) is 5.31. The molecule has 3 heterocycles. The molecule has 3 saturated heterocycles. The first-order valence-electron chi connectivity index (χ1n) is 8.08. The van der Waals surface area contributed by atoms with Crippen LogP contribution in [0.25, 0.3) is 0 Å². The molecule has 0 spiro atoms. The average molecular weight is 412 g/mol. The molecule has 14 heteroatoms. The molecule has 2 atom stereocenters. The molecule has 0 aromatic carbocycles. The van der Waals surface area contributed by atoms with Crippen LogP contribution < -0.4 is 10.9 Å². The van der Waals surface area contributed by atoms with Crippen LogP contribution >= 0.6 is 0 Å². The zero-order chi connectivity index (χ0) is 19.1. The van der Waals surface area contributed by atoms with Crippen LogP contribution in [-0.2, 0) is 29.3 Å². The second-order valence-corrected chi connectivity index (χ2v) is 9.88. The van der Waals surface area contributed by atoms with Gasteiger partial charge in [-0.25, -0.2) is 18.6 Å². The van der Waals surface area contributed by atoms with E-state index in [-0.39, 0.29) is 24.1 Å². The van der Waals surface area contributed by atoms with E-state index in [1.54, 1.807) is 0 Å². The van der Waals surface area contributed by atoms with Crippen molar-refractivity contribution in [2.24, 2.45) is 0 Å². The van der Waals surface area contributed by atoms with Crippen LogP contribution in [0.2, 0.25) is 0 Å². The molecule has 148 valence electrons. The van der Waals surface area contributed by atoms with E-state index in [1.807, 2.05) is 0 Å². The maximum atomic E-state index is 12.4. The molecule has 0 unspecified atom stereocenters. The number of hydroxylamine groups is 2. The third-order valence-electron chi connectivity index (χ3n) is 4.75. The highest BCUT2D eigenvalue weighted by Gasteiger charge is 2.49. The lowest BCUT2D eigenvalue weighted by molar-refractivity contribution is -0.127. The molecule has 0 saturated carbocycles. The monoisotopic (exact) mass is 412 g/mol. The van der Waals surface area contributed by atoms with Crippen molar-refractivity contribution in [3.8, 4) is 0 Å². The van der Waals surface area contributed by atoms with Crippen LogP contribution in [0.1, 0.15) is 25.7 Å². The van der Waals surface area contributed by atoms with Crippen molar-refractivity contribution in [3.63, 3.8) is 0 Å². The first kappa shape index (κ1) is 19.3. The fraction of sp³-hybridized carbons (Fsp3) is 0.833. The van der Waals surface area contributed by atoms with Crippen molar-refractivity contribution >= 4 is 32.2 Å². The summed E-state index contributed by atoms with van der Waals surface area (Å²) < 4.78 is 57.5. The highest BCUT2D eigenvalue weighted by molar-refractivity contribution is 7.91. The van der Waals surface area contributed by atoms with Gasteiger partial charge in [0.2, 0.25) is 0 Å². The number of hydrogen-bond acceptors (Lipinski definition) is 8. The molecule has 3 N–H and O–H groups in total. The van der Waals surface area contributed by atoms with Crippen molar-refractivity contribution in [3.05, 3.63) is 0 Å². The van der Waals surface area contributed by atoms with Crippen molar-refractivity contribution in [1.82, 2.24) is 20.8 Å². The Bertz CT molecular complexity index is 784. The molecule has 3 aliphatic rings. The minimum absolute atomic E-state index is 0.0538. The number of fused-ring (bicyclic) bond motifs is 2. The van der Waals surface area contributed by atoms with Gasteiger partial charge in [0.25, 0.3) is 5.91 Å². The van der Waals surface area contributed by atoms with Gasteiger partial charge in [-0.2, -0.15) is 13.5 Å². The van der Waals surface area contributed by atoms with Crippen LogP contribution in [0.4, 0.5) is 4.79 Å². The summed E-state index contributed by atoms with van der Waals surface area (Å²) in [6.07, 6.45) is 1.40. The van der Waals surface area contributed by atoms with Crippen LogP contribution in [-0.4, -0.2) is 79.5 Å². The quantitative estimate of drug-likeness (QED) is 0.349. The molecule has 0 aromatic heterocycles. The summed E-state index contributed by atoms with van der Waals surface area (Å²) in [7, 11) is -7.84. The van der Waals surface area contributed by atoms with E-state index < -0.39 is 44.3 Å². The second kappa shape index (κ2) is 6.92. The fourth-order valence-electron chi connectivity index (χ4n) is 3.39. The van der Waals surface area contributed by atoms with Crippen molar-refractivity contribution in [2.75, 3.05) is 18.1 Å². The number of piperidine rings is 1. The molecule has 0 aromatic rings. The first-order chi connectivity index (χ1) is 12.1. The Morgan fingerprint density at radius 2 is 1.85 bits per heavy atom. The van der Waals surface area contributed by atoms with E-state index in [2.05, 4.69) is 15.1 Å². The number of rotatable bonds is 5. The fourth-order valence-corrected chi connectivity index (χ4v) is 5.27. The molecular weight excluding hydrogens is 392 g/mol. The molecule has 3 fully saturated rings. The Labute approximate surface area is 150 Å². The Morgan fingerprint density at radius 1 is 1.19 bits per heavy atom. The molecule has 0 radical (unpaired) electrons. The maximum Gasteiger partial charge on any atom is 0.418 e. The lowest BCUT2D eigenvalue weighted by Gasteiger charge is -2.30. The number of carbonyl (C=O) groups is 2. The van der Waals surface area contributed by atoms with Gasteiger partial charge in [-0.1, -0.05) is 0 Å². The number of hydrogen-bond donors (Lipinski definition) is 3. The number of nitrogens with one attached hydrogen (secondary N) is 2. The van der Waals surface area contributed by atoms with E-state index >= 15 is 0 Å². The molecule has 26 heavy (non-hydrogen) atoms. The summed E-state index contributed by atoms with van der Waals surface area (Å²) in [6, 6.07) is -2.36. The highest BCUT2D eigenvalue weighted by atomic mass is 32.3. The van der Waals surface area contributed by atoms with Gasteiger partial charge in [-0.15, -0.1) is 4.28 Å². The Morgan fingerprint density at radius 3 is 2.46 bits per heavy atom. The molecule has 0 aliphatic carbocycles. The lowest BCUT2D eigenvalue weighted by atomic mass is 10.0. The standard InChI is InChI=1S/C12H20N4O8S2/c17-11(14-13-8-3-5-25(19,20)6-4-8)10-2-1-9-7-15(10)12(18)16(9)24-26(21,22)23/h8-10,13H,1-7H2,(H,14,17)(H,21,22,23)/t9-,10+/m0/s1. The molecular formula is C12H20N4O8S2. The van der Waals surface area contributed by atoms with Crippen molar-refractivity contribution in [2.45, 2.75) is 43.8 Å². The second-order valence-electron chi connectivity index (χ2n) is 6.57. The third kappa shape index (κ3) is 4.25. The van der Waals surface area contributed by atoms with Crippen molar-refractivity contribution in [1.29, 1.82) is 0 Å². The summed E-state index contributed by atoms with van der Waals surface area (Å²) in [4.78, 5) is 25.8. The number of carbonyl (C=O) groups excluding carboxylic acids is 2. The van der Waals surface area contributed by atoms with E-state index in [0.717, 1.165) is 0 Å². The van der Waals surface area contributed by atoms with E-state index in [1.165, 1.54) is 4.90 Å². The predicted octanol–water partition coefficient (Wildman–Crippen LogP) is -1.81. The van der Waals surface area contributed by atoms with Crippen LogP contribution in [0.15, 0.2) is 0 Å². The lowest BCUT2D eigenvalue weighted by Crippen LogP contribution is -2.55. The normalized spacial score (nSPS) is 29.0. The summed E-state index contributed by atoms with van der Waals surface area (Å²) in [5.74, 6) is -0.366. The minimum Gasteiger partial charge on any atom is -0.309 e. The zero-order valence-corrected chi connectivity index (χ0v) is 15.3. The molecule has 12 nitrogen and oxygen atoms in total. The van der Waals surface area contributed by atoms with Gasteiger partial charge in [0.1, 0.15) is 15.9 Å². The topological polar surface area (TPSA) is 162 Å². The van der Waals surface area contributed by atoms with Crippen LogP contribution in [0, 0.1) is 0 Å². The van der Waals surface area contributed by atoms with Gasteiger partial charge < -0.3 is 4.90 Å². The van der Waals surface area contributed by atoms with Gasteiger partial charge in [-0.05, 0) is 25.7 Å². The smallest absolute Gasteiger partial charge is 0.309 e. The molecule has 3 rings (SSSR count). The van der Waals surface area contributed by atoms with Gasteiger partial charge in [0.05, 0.1) is 17.5 Å². The Kier molecular flexibility index (Phi) is 5.13. The summed E-state index contributed by atoms with van der Waals surface area (Å²) in [5, 5.41) is 0.571. The van der Waals surface area contributed by atoms with Crippen molar-refractivity contribution < 1.29 is 35.3 Å². The van der Waals surface area contributed by atoms with Gasteiger partial charge in [-0.3, -0.25) is 14.8 Å². The predicted molar refractivity (Wildman–Crippen MR) is 86.3 cm³/mol. The minimum atomic E-state index is -4.83. The zero-order valence-electron chi connectivity index (χ0n) is 13.7. The SMILES string of the molecule is O=C(NNC1CCS(=O)(=O)CC1)[C@H]1CC[C@H]2CN1C(=O)N2OS(=O)(=O)O. The third-order valence-corrected chi connectivity index (χ3v) is 6.82. The highest BCUT2D eigenvalue weighted by Crippen LogP contribution is 2.30.